The van der Waals surface area contributed by atoms with Crippen molar-refractivity contribution < 1.29 is 0 Å². The second kappa shape index (κ2) is 6.44. The second-order valence-electron chi connectivity index (χ2n) is 3.96. The molecule has 0 spiro atoms. The molecule has 3 N–H and O–H groups in total. The van der Waals surface area contributed by atoms with E-state index in [1.807, 2.05) is 0 Å². The first-order valence-corrected chi connectivity index (χ1v) is 5.06. The summed E-state index contributed by atoms with van der Waals surface area (Å²) in [6, 6.07) is 0.978. The van der Waals surface area contributed by atoms with Crippen LogP contribution in [0.1, 0.15) is 40.5 Å². The maximum absolute atomic E-state index is 5.90. The van der Waals surface area contributed by atoms with Crippen LogP contribution in [-0.2, 0) is 0 Å². The highest BCUT2D eigenvalue weighted by atomic mass is 14.9. The molecular formula is C10H24N2. The number of nitrogens with one attached hydrogen (secondary N) is 1. The minimum Gasteiger partial charge on any atom is -0.327 e. The predicted octanol–water partition coefficient (Wildman–Crippen LogP) is 1.75. The monoisotopic (exact) mass is 172 g/mol. The zero-order valence-electron chi connectivity index (χ0n) is 8.93. The van der Waals surface area contributed by atoms with Gasteiger partial charge < -0.3 is 11.1 Å². The molecule has 2 heteroatoms. The second-order valence-corrected chi connectivity index (χ2v) is 3.96. The van der Waals surface area contributed by atoms with Crippen molar-refractivity contribution in [1.82, 2.24) is 5.32 Å². The number of hydrogen-bond acceptors (Lipinski definition) is 2. The Balaban J connectivity index is 3.30. The SMILES string of the molecule is CCC(C)NCCC(N)C(C)C. The van der Waals surface area contributed by atoms with Gasteiger partial charge in [0.1, 0.15) is 0 Å². The van der Waals surface area contributed by atoms with Crippen LogP contribution in [-0.4, -0.2) is 18.6 Å². The van der Waals surface area contributed by atoms with E-state index < -0.39 is 0 Å². The molecular weight excluding hydrogens is 148 g/mol. The van der Waals surface area contributed by atoms with Crippen LogP contribution < -0.4 is 11.1 Å². The van der Waals surface area contributed by atoms with E-state index in [9.17, 15) is 0 Å². The molecule has 74 valence electrons. The molecule has 0 aromatic heterocycles. The molecule has 0 rings (SSSR count). The van der Waals surface area contributed by atoms with E-state index in [0.717, 1.165) is 13.0 Å². The van der Waals surface area contributed by atoms with E-state index in [-0.39, 0.29) is 0 Å². The molecule has 12 heavy (non-hydrogen) atoms. The van der Waals surface area contributed by atoms with Gasteiger partial charge in [0, 0.05) is 12.1 Å². The largest absolute Gasteiger partial charge is 0.327 e. The maximum Gasteiger partial charge on any atom is 0.00739 e. The van der Waals surface area contributed by atoms with Crippen molar-refractivity contribution in [3.05, 3.63) is 0 Å². The third kappa shape index (κ3) is 5.56. The molecule has 0 fully saturated rings. The van der Waals surface area contributed by atoms with Crippen LogP contribution in [0.5, 0.6) is 0 Å². The predicted molar refractivity (Wildman–Crippen MR) is 55.2 cm³/mol. The summed E-state index contributed by atoms with van der Waals surface area (Å²) in [5.74, 6) is 0.601. The van der Waals surface area contributed by atoms with Crippen molar-refractivity contribution >= 4 is 0 Å². The lowest BCUT2D eigenvalue weighted by atomic mass is 10.0. The van der Waals surface area contributed by atoms with Gasteiger partial charge in [0.15, 0.2) is 0 Å². The van der Waals surface area contributed by atoms with Gasteiger partial charge in [-0.2, -0.15) is 0 Å². The Kier molecular flexibility index (Phi) is 6.39. The first kappa shape index (κ1) is 11.9. The smallest absolute Gasteiger partial charge is 0.00739 e. The first-order chi connectivity index (χ1) is 5.57. The Morgan fingerprint density at radius 1 is 1.25 bits per heavy atom. The highest BCUT2D eigenvalue weighted by Gasteiger charge is 2.06. The molecule has 0 amide bonds. The minimum atomic E-state index is 0.349. The fourth-order valence-electron chi connectivity index (χ4n) is 0.974. The lowest BCUT2D eigenvalue weighted by Crippen LogP contribution is -2.34. The van der Waals surface area contributed by atoms with Crippen molar-refractivity contribution in [3.8, 4) is 0 Å². The van der Waals surface area contributed by atoms with E-state index in [1.54, 1.807) is 0 Å². The van der Waals surface area contributed by atoms with Gasteiger partial charge in [-0.3, -0.25) is 0 Å². The summed E-state index contributed by atoms with van der Waals surface area (Å²) in [7, 11) is 0. The van der Waals surface area contributed by atoms with E-state index in [4.69, 9.17) is 5.73 Å². The molecule has 2 nitrogen and oxygen atoms in total. The highest BCUT2D eigenvalue weighted by Crippen LogP contribution is 2.01. The summed E-state index contributed by atoms with van der Waals surface area (Å²) in [4.78, 5) is 0. The van der Waals surface area contributed by atoms with Crippen molar-refractivity contribution in [2.45, 2.75) is 52.6 Å². The molecule has 0 saturated carbocycles. The molecule has 0 aliphatic heterocycles. The molecule has 0 bridgehead atoms. The van der Waals surface area contributed by atoms with Crippen LogP contribution >= 0.6 is 0 Å². The van der Waals surface area contributed by atoms with Crippen LogP contribution in [0.4, 0.5) is 0 Å². The molecule has 0 heterocycles. The molecule has 0 aromatic carbocycles. The van der Waals surface area contributed by atoms with Gasteiger partial charge >= 0.3 is 0 Å². The fourth-order valence-corrected chi connectivity index (χ4v) is 0.974. The quantitative estimate of drug-likeness (QED) is 0.640. The lowest BCUT2D eigenvalue weighted by molar-refractivity contribution is 0.429. The van der Waals surface area contributed by atoms with E-state index >= 15 is 0 Å². The molecule has 2 atom stereocenters. The summed E-state index contributed by atoms with van der Waals surface area (Å²) in [6.07, 6.45) is 2.28. The van der Waals surface area contributed by atoms with Crippen LogP contribution in [0.2, 0.25) is 0 Å². The molecule has 0 aliphatic rings. The first-order valence-electron chi connectivity index (χ1n) is 5.06. The van der Waals surface area contributed by atoms with Gasteiger partial charge in [-0.1, -0.05) is 20.8 Å². The van der Waals surface area contributed by atoms with Crippen LogP contribution in [0, 0.1) is 5.92 Å². The Hall–Kier alpha value is -0.0800. The molecule has 2 unspecified atom stereocenters. The topological polar surface area (TPSA) is 38.0 Å². The Morgan fingerprint density at radius 3 is 2.25 bits per heavy atom. The zero-order valence-corrected chi connectivity index (χ0v) is 8.93. The van der Waals surface area contributed by atoms with Crippen LogP contribution in [0.15, 0.2) is 0 Å². The Bertz CT molecular complexity index is 102. The Morgan fingerprint density at radius 2 is 1.83 bits per heavy atom. The van der Waals surface area contributed by atoms with Gasteiger partial charge in [-0.05, 0) is 32.2 Å². The average Bonchev–Trinajstić information content (AvgIpc) is 2.03. The Labute approximate surface area is 76.9 Å². The number of hydrogen-bond donors (Lipinski definition) is 2. The van der Waals surface area contributed by atoms with Gasteiger partial charge in [0.25, 0.3) is 0 Å². The van der Waals surface area contributed by atoms with Crippen molar-refractivity contribution in [2.75, 3.05) is 6.54 Å². The normalized spacial score (nSPS) is 16.5. The number of rotatable bonds is 6. The molecule has 0 aliphatic carbocycles. The summed E-state index contributed by atoms with van der Waals surface area (Å²) in [5, 5.41) is 3.44. The summed E-state index contributed by atoms with van der Waals surface area (Å²) < 4.78 is 0. The standard InChI is InChI=1S/C10H24N2/c1-5-9(4)12-7-6-10(11)8(2)3/h8-10,12H,5-7,11H2,1-4H3. The van der Waals surface area contributed by atoms with Crippen LogP contribution in [0.3, 0.4) is 0 Å². The summed E-state index contributed by atoms with van der Waals surface area (Å²) in [5.41, 5.74) is 5.90. The number of nitrogens with two attached hydrogens (primary N) is 1. The van der Waals surface area contributed by atoms with Crippen LogP contribution in [0.25, 0.3) is 0 Å². The van der Waals surface area contributed by atoms with Crippen molar-refractivity contribution in [3.63, 3.8) is 0 Å². The third-order valence-electron chi connectivity index (χ3n) is 2.44. The third-order valence-corrected chi connectivity index (χ3v) is 2.44. The summed E-state index contributed by atoms with van der Waals surface area (Å²) >= 11 is 0. The van der Waals surface area contributed by atoms with E-state index in [2.05, 4.69) is 33.0 Å². The molecule has 0 aromatic rings. The lowest BCUT2D eigenvalue weighted by Gasteiger charge is -2.17. The highest BCUT2D eigenvalue weighted by molar-refractivity contribution is 4.67. The van der Waals surface area contributed by atoms with Gasteiger partial charge in [-0.15, -0.1) is 0 Å². The van der Waals surface area contributed by atoms with E-state index in [0.29, 0.717) is 18.0 Å². The zero-order chi connectivity index (χ0) is 9.56. The summed E-state index contributed by atoms with van der Waals surface area (Å²) in [6.45, 7) is 9.80. The van der Waals surface area contributed by atoms with Gasteiger partial charge in [0.05, 0.1) is 0 Å². The van der Waals surface area contributed by atoms with E-state index in [1.165, 1.54) is 6.42 Å². The average molecular weight is 172 g/mol. The maximum atomic E-state index is 5.90. The molecule has 0 radical (unpaired) electrons. The van der Waals surface area contributed by atoms with Gasteiger partial charge in [-0.25, -0.2) is 0 Å². The van der Waals surface area contributed by atoms with Gasteiger partial charge in [0.2, 0.25) is 0 Å². The van der Waals surface area contributed by atoms with Crippen molar-refractivity contribution in [1.29, 1.82) is 0 Å². The molecule has 0 saturated heterocycles. The minimum absolute atomic E-state index is 0.349. The fraction of sp³-hybridized carbons (Fsp3) is 1.00. The van der Waals surface area contributed by atoms with Crippen molar-refractivity contribution in [2.24, 2.45) is 11.7 Å².